The van der Waals surface area contributed by atoms with Crippen molar-refractivity contribution in [1.82, 2.24) is 9.88 Å². The van der Waals surface area contributed by atoms with Crippen molar-refractivity contribution in [3.05, 3.63) is 59.5 Å². The number of hydrogen-bond acceptors (Lipinski definition) is 5. The molecule has 0 saturated carbocycles. The van der Waals surface area contributed by atoms with Crippen LogP contribution in [0.25, 0.3) is 17.0 Å². The number of para-hydroxylation sites is 1. The van der Waals surface area contributed by atoms with Crippen LogP contribution in [0.5, 0.6) is 5.75 Å². The molecule has 32 heavy (non-hydrogen) atoms. The number of furan rings is 1. The Morgan fingerprint density at radius 1 is 1.31 bits per heavy atom. The van der Waals surface area contributed by atoms with Gasteiger partial charge < -0.3 is 19.4 Å². The van der Waals surface area contributed by atoms with E-state index in [0.29, 0.717) is 17.1 Å². The third kappa shape index (κ3) is 3.98. The van der Waals surface area contributed by atoms with Gasteiger partial charge >= 0.3 is 0 Å². The van der Waals surface area contributed by atoms with Crippen LogP contribution in [0.1, 0.15) is 43.7 Å². The van der Waals surface area contributed by atoms with E-state index in [1.807, 2.05) is 52.0 Å². The third-order valence-corrected chi connectivity index (χ3v) is 5.92. The minimum atomic E-state index is -0.652. The van der Waals surface area contributed by atoms with Crippen molar-refractivity contribution in [2.45, 2.75) is 33.7 Å². The Kier molecular flexibility index (Phi) is 5.50. The van der Waals surface area contributed by atoms with E-state index in [1.165, 1.54) is 6.08 Å². The fourth-order valence-corrected chi connectivity index (χ4v) is 3.60. The summed E-state index contributed by atoms with van der Waals surface area (Å²) in [6, 6.07) is 9.38. The number of rotatable bonds is 4. The predicted octanol–water partition coefficient (Wildman–Crippen LogP) is 4.73. The number of carbonyl (C=O) groups is 2. The second-order valence-electron chi connectivity index (χ2n) is 8.79. The van der Waals surface area contributed by atoms with Crippen molar-refractivity contribution >= 4 is 34.7 Å². The molecule has 0 spiro atoms. The van der Waals surface area contributed by atoms with Crippen LogP contribution in [0.4, 0.5) is 5.82 Å². The fourth-order valence-electron chi connectivity index (χ4n) is 3.60. The van der Waals surface area contributed by atoms with E-state index >= 15 is 0 Å². The Morgan fingerprint density at radius 2 is 2.06 bits per heavy atom. The Labute approximate surface area is 187 Å². The van der Waals surface area contributed by atoms with E-state index in [1.54, 1.807) is 30.3 Å². The van der Waals surface area contributed by atoms with Gasteiger partial charge in [0, 0.05) is 30.3 Å². The molecule has 1 atom stereocenters. The molecule has 4 rings (SSSR count). The van der Waals surface area contributed by atoms with Crippen molar-refractivity contribution in [3.8, 4) is 5.75 Å². The summed E-state index contributed by atoms with van der Waals surface area (Å²) >= 11 is 0. The first-order chi connectivity index (χ1) is 15.2. The first kappa shape index (κ1) is 21.6. The number of nitrogens with one attached hydrogen (secondary N) is 1. The van der Waals surface area contributed by atoms with Crippen LogP contribution in [-0.2, 0) is 9.59 Å². The van der Waals surface area contributed by atoms with E-state index in [-0.39, 0.29) is 24.5 Å². The molecule has 0 saturated heterocycles. The highest BCUT2D eigenvalue weighted by atomic mass is 16.5. The van der Waals surface area contributed by atoms with Crippen LogP contribution in [0.3, 0.4) is 0 Å². The monoisotopic (exact) mass is 433 g/mol. The Bertz CT molecular complexity index is 1230. The number of ether oxygens (including phenoxy) is 1. The summed E-state index contributed by atoms with van der Waals surface area (Å²) in [5, 5.41) is 3.84. The summed E-state index contributed by atoms with van der Waals surface area (Å²) in [4.78, 5) is 31.0. The molecule has 0 fully saturated rings. The van der Waals surface area contributed by atoms with Crippen LogP contribution < -0.4 is 10.1 Å². The molecule has 0 radical (unpaired) electrons. The molecule has 1 aromatic carbocycles. The van der Waals surface area contributed by atoms with Gasteiger partial charge in [-0.2, -0.15) is 0 Å². The van der Waals surface area contributed by atoms with Crippen molar-refractivity contribution in [2.75, 3.05) is 19.0 Å². The number of aryl methyl sites for hydroxylation is 1. The number of likely N-dealkylation sites (N-methyl/N-ethyl adjacent to an activating group) is 1. The molecular formula is C25H27N3O4. The predicted molar refractivity (Wildman–Crippen MR) is 123 cm³/mol. The molecule has 2 aromatic heterocycles. The van der Waals surface area contributed by atoms with Gasteiger partial charge in [-0.3, -0.25) is 9.59 Å². The van der Waals surface area contributed by atoms with E-state index in [2.05, 4.69) is 10.3 Å². The lowest BCUT2D eigenvalue weighted by Crippen LogP contribution is -2.33. The van der Waals surface area contributed by atoms with Crippen molar-refractivity contribution in [2.24, 2.45) is 5.41 Å². The summed E-state index contributed by atoms with van der Waals surface area (Å²) < 4.78 is 11.8. The van der Waals surface area contributed by atoms with Crippen LogP contribution in [0.15, 0.2) is 47.0 Å². The lowest BCUT2D eigenvalue weighted by molar-refractivity contribution is -0.127. The van der Waals surface area contributed by atoms with E-state index < -0.39 is 5.41 Å². The third-order valence-electron chi connectivity index (χ3n) is 5.92. The number of amides is 2. The lowest BCUT2D eigenvalue weighted by Gasteiger charge is -2.22. The summed E-state index contributed by atoms with van der Waals surface area (Å²) in [6.07, 6.45) is 4.78. The van der Waals surface area contributed by atoms with Crippen LogP contribution in [0, 0.1) is 12.3 Å². The maximum Gasteiger partial charge on any atom is 0.246 e. The number of pyridine rings is 1. The molecule has 0 aliphatic carbocycles. The second kappa shape index (κ2) is 8.15. The highest BCUT2D eigenvalue weighted by molar-refractivity contribution is 5.96. The van der Waals surface area contributed by atoms with Crippen LogP contribution >= 0.6 is 0 Å². The van der Waals surface area contributed by atoms with Gasteiger partial charge in [-0.25, -0.2) is 4.98 Å². The largest absolute Gasteiger partial charge is 0.489 e. The van der Waals surface area contributed by atoms with Crippen molar-refractivity contribution in [3.63, 3.8) is 0 Å². The summed E-state index contributed by atoms with van der Waals surface area (Å²) in [5.74, 6) is 1.34. The number of benzene rings is 1. The van der Waals surface area contributed by atoms with Crippen molar-refractivity contribution in [1.29, 1.82) is 0 Å². The van der Waals surface area contributed by atoms with Gasteiger partial charge in [0.15, 0.2) is 11.6 Å². The molecule has 0 unspecified atom stereocenters. The summed E-state index contributed by atoms with van der Waals surface area (Å²) in [7, 11) is 1.75. The van der Waals surface area contributed by atoms with Gasteiger partial charge in [-0.15, -0.1) is 0 Å². The van der Waals surface area contributed by atoms with Crippen LogP contribution in [0.2, 0.25) is 0 Å². The average molecular weight is 434 g/mol. The summed E-state index contributed by atoms with van der Waals surface area (Å²) in [5.41, 5.74) is 1.90. The minimum absolute atomic E-state index is 0.140. The Morgan fingerprint density at radius 3 is 2.81 bits per heavy atom. The Hall–Kier alpha value is -3.61. The van der Waals surface area contributed by atoms with Gasteiger partial charge in [0.1, 0.15) is 18.0 Å². The van der Waals surface area contributed by atoms with Crippen LogP contribution in [-0.4, -0.2) is 35.4 Å². The van der Waals surface area contributed by atoms with Gasteiger partial charge in [-0.05, 0) is 51.5 Å². The number of fused-ring (bicyclic) bond motifs is 2. The molecule has 7 heteroatoms. The quantitative estimate of drug-likeness (QED) is 0.602. The average Bonchev–Trinajstić information content (AvgIpc) is 3.06. The zero-order valence-corrected chi connectivity index (χ0v) is 18.9. The fraction of sp³-hybridized carbons (Fsp3) is 0.320. The molecule has 7 nitrogen and oxygen atoms in total. The van der Waals surface area contributed by atoms with E-state index in [4.69, 9.17) is 9.15 Å². The lowest BCUT2D eigenvalue weighted by atomic mass is 9.94. The maximum absolute atomic E-state index is 12.8. The first-order valence-electron chi connectivity index (χ1n) is 10.5. The van der Waals surface area contributed by atoms with Gasteiger partial charge in [0.2, 0.25) is 11.8 Å². The standard InChI is InChI=1S/C25H27N3O4/c1-15-18-8-6-7-9-19(18)32-22(15)16(2)28(5)21(29)11-10-17-12-20-23(26-13-17)27-24(30)25(3,4)14-31-20/h6-13,16H,14H2,1-5H3,(H,26,27,30)/t16-/m1/s1. The first-order valence-corrected chi connectivity index (χ1v) is 10.5. The molecule has 3 heterocycles. The zero-order chi connectivity index (χ0) is 23.0. The molecule has 1 aliphatic heterocycles. The van der Waals surface area contributed by atoms with E-state index in [9.17, 15) is 9.59 Å². The van der Waals surface area contributed by atoms with Gasteiger partial charge in [0.25, 0.3) is 0 Å². The molecule has 3 aromatic rings. The SMILES string of the molecule is Cc1c([C@@H](C)N(C)C(=O)C=Cc2cnc3c(c2)OCC(C)(C)C(=O)N3)oc2ccccc12. The number of anilines is 1. The normalized spacial score (nSPS) is 16.2. The molecule has 166 valence electrons. The molecule has 2 amide bonds. The molecule has 1 N–H and O–H groups in total. The molecular weight excluding hydrogens is 406 g/mol. The maximum atomic E-state index is 12.8. The van der Waals surface area contributed by atoms with Gasteiger partial charge in [-0.1, -0.05) is 18.2 Å². The number of nitrogens with zero attached hydrogens (tertiary/aromatic N) is 2. The van der Waals surface area contributed by atoms with Gasteiger partial charge in [0.05, 0.1) is 11.5 Å². The van der Waals surface area contributed by atoms with E-state index in [0.717, 1.165) is 22.3 Å². The highest BCUT2D eigenvalue weighted by Crippen LogP contribution is 2.33. The smallest absolute Gasteiger partial charge is 0.246 e. The topological polar surface area (TPSA) is 84.7 Å². The zero-order valence-electron chi connectivity index (χ0n) is 18.9. The minimum Gasteiger partial charge on any atom is -0.489 e. The Balaban J connectivity index is 1.50. The number of aromatic nitrogens is 1. The summed E-state index contributed by atoms with van der Waals surface area (Å²) in [6.45, 7) is 7.82. The highest BCUT2D eigenvalue weighted by Gasteiger charge is 2.33. The van der Waals surface area contributed by atoms with Crippen molar-refractivity contribution < 1.29 is 18.7 Å². The molecule has 1 aliphatic rings. The number of carbonyl (C=O) groups excluding carboxylic acids is 2. The number of hydrogen-bond donors (Lipinski definition) is 1. The second-order valence-corrected chi connectivity index (χ2v) is 8.79. The molecule has 0 bridgehead atoms.